The van der Waals surface area contributed by atoms with Gasteiger partial charge in [0, 0.05) is 0 Å². The SMILES string of the molecule is CC1C(C)(C)PC1(C)C. The van der Waals surface area contributed by atoms with Crippen molar-refractivity contribution in [2.45, 2.75) is 44.9 Å². The monoisotopic (exact) mass is 144 g/mol. The Labute approximate surface area is 60.2 Å². The minimum atomic E-state index is 0.642. The van der Waals surface area contributed by atoms with E-state index in [1.54, 1.807) is 0 Å². The number of rotatable bonds is 0. The third kappa shape index (κ3) is 1.03. The van der Waals surface area contributed by atoms with Gasteiger partial charge in [-0.2, -0.15) is 0 Å². The molecule has 0 unspecified atom stereocenters. The topological polar surface area (TPSA) is 0 Å². The Morgan fingerprint density at radius 2 is 1.33 bits per heavy atom. The van der Waals surface area contributed by atoms with Gasteiger partial charge in [0.25, 0.3) is 0 Å². The van der Waals surface area contributed by atoms with Crippen LogP contribution in [0.25, 0.3) is 0 Å². The predicted molar refractivity (Wildman–Crippen MR) is 45.6 cm³/mol. The van der Waals surface area contributed by atoms with Crippen LogP contribution in [0.2, 0.25) is 0 Å². The zero-order valence-electron chi connectivity index (χ0n) is 7.08. The van der Waals surface area contributed by atoms with Gasteiger partial charge in [0.1, 0.15) is 0 Å². The van der Waals surface area contributed by atoms with Gasteiger partial charge in [-0.25, -0.2) is 0 Å². The molecule has 54 valence electrons. The van der Waals surface area contributed by atoms with Crippen LogP contribution in [-0.2, 0) is 0 Å². The van der Waals surface area contributed by atoms with Crippen molar-refractivity contribution in [1.82, 2.24) is 0 Å². The molecule has 0 atom stereocenters. The quantitative estimate of drug-likeness (QED) is 0.458. The van der Waals surface area contributed by atoms with Gasteiger partial charge in [-0.3, -0.25) is 0 Å². The molecule has 9 heavy (non-hydrogen) atoms. The molecule has 1 aliphatic heterocycles. The van der Waals surface area contributed by atoms with Crippen LogP contribution in [-0.4, -0.2) is 10.3 Å². The summed E-state index contributed by atoms with van der Waals surface area (Å²) in [6.07, 6.45) is 0. The summed E-state index contributed by atoms with van der Waals surface area (Å²) >= 11 is 0. The summed E-state index contributed by atoms with van der Waals surface area (Å²) < 4.78 is 0. The van der Waals surface area contributed by atoms with Gasteiger partial charge in [0.2, 0.25) is 0 Å². The normalized spacial score (nSPS) is 40.3. The highest BCUT2D eigenvalue weighted by Crippen LogP contribution is 2.63. The molecule has 1 saturated heterocycles. The average molecular weight is 144 g/mol. The molecular weight excluding hydrogens is 127 g/mol. The summed E-state index contributed by atoms with van der Waals surface area (Å²) in [6.45, 7) is 11.9. The standard InChI is InChI=1S/C8H17P/c1-6-7(2,3)9-8(6,4)5/h6,9H,1-5H3. The summed E-state index contributed by atoms with van der Waals surface area (Å²) in [6, 6.07) is 0. The van der Waals surface area contributed by atoms with E-state index >= 15 is 0 Å². The van der Waals surface area contributed by atoms with E-state index in [-0.39, 0.29) is 0 Å². The summed E-state index contributed by atoms with van der Waals surface area (Å²) in [5.41, 5.74) is 0. The van der Waals surface area contributed by atoms with Crippen LogP contribution in [0.1, 0.15) is 34.6 Å². The molecule has 0 saturated carbocycles. The Hall–Kier alpha value is 0.430. The summed E-state index contributed by atoms with van der Waals surface area (Å²) in [5, 5.41) is 1.28. The molecule has 0 aliphatic carbocycles. The molecule has 1 fully saturated rings. The first-order valence-electron chi connectivity index (χ1n) is 3.65. The molecule has 0 aromatic carbocycles. The van der Waals surface area contributed by atoms with Gasteiger partial charge in [-0.05, 0) is 16.2 Å². The van der Waals surface area contributed by atoms with Crippen LogP contribution in [0.5, 0.6) is 0 Å². The van der Waals surface area contributed by atoms with Crippen molar-refractivity contribution >= 4 is 8.58 Å². The second-order valence-corrected chi connectivity index (χ2v) is 7.12. The molecule has 0 aromatic heterocycles. The maximum Gasteiger partial charge on any atom is -0.0140 e. The lowest BCUT2D eigenvalue weighted by atomic mass is 9.83. The van der Waals surface area contributed by atoms with E-state index in [1.807, 2.05) is 0 Å². The van der Waals surface area contributed by atoms with Crippen molar-refractivity contribution in [3.8, 4) is 0 Å². The molecular formula is C8H17P. The van der Waals surface area contributed by atoms with Gasteiger partial charge in [0.15, 0.2) is 0 Å². The van der Waals surface area contributed by atoms with Gasteiger partial charge < -0.3 is 0 Å². The van der Waals surface area contributed by atoms with Crippen molar-refractivity contribution in [3.05, 3.63) is 0 Å². The second-order valence-electron chi connectivity index (χ2n) is 4.29. The van der Waals surface area contributed by atoms with Gasteiger partial charge >= 0.3 is 0 Å². The molecule has 1 heteroatoms. The van der Waals surface area contributed by atoms with Gasteiger partial charge in [0.05, 0.1) is 0 Å². The fourth-order valence-electron chi connectivity index (χ4n) is 1.87. The lowest BCUT2D eigenvalue weighted by molar-refractivity contribution is 0.314. The van der Waals surface area contributed by atoms with E-state index in [4.69, 9.17) is 0 Å². The molecule has 0 amide bonds. The Balaban J connectivity index is 2.62. The van der Waals surface area contributed by atoms with E-state index in [0.29, 0.717) is 10.3 Å². The second kappa shape index (κ2) is 1.72. The minimum Gasteiger partial charge on any atom is -0.110 e. The zero-order valence-corrected chi connectivity index (χ0v) is 8.08. The Bertz CT molecular complexity index is 111. The Kier molecular flexibility index (Phi) is 1.44. The van der Waals surface area contributed by atoms with E-state index in [0.717, 1.165) is 14.5 Å². The average Bonchev–Trinajstić information content (AvgIpc) is 1.63. The molecule has 1 aliphatic rings. The van der Waals surface area contributed by atoms with E-state index in [1.165, 1.54) is 0 Å². The first kappa shape index (κ1) is 7.54. The van der Waals surface area contributed by atoms with Crippen molar-refractivity contribution < 1.29 is 0 Å². The van der Waals surface area contributed by atoms with Crippen molar-refractivity contribution in [1.29, 1.82) is 0 Å². The smallest absolute Gasteiger partial charge is 0.0140 e. The van der Waals surface area contributed by atoms with Gasteiger partial charge in [-0.15, -0.1) is 8.58 Å². The maximum absolute atomic E-state index is 2.38. The minimum absolute atomic E-state index is 0.642. The van der Waals surface area contributed by atoms with Crippen LogP contribution >= 0.6 is 8.58 Å². The third-order valence-electron chi connectivity index (χ3n) is 2.81. The molecule has 1 rings (SSSR count). The van der Waals surface area contributed by atoms with Crippen LogP contribution in [0.15, 0.2) is 0 Å². The number of hydrogen-bond acceptors (Lipinski definition) is 0. The summed E-state index contributed by atoms with van der Waals surface area (Å²) in [7, 11) is 1.15. The first-order valence-corrected chi connectivity index (χ1v) is 4.65. The van der Waals surface area contributed by atoms with Crippen molar-refractivity contribution in [2.75, 3.05) is 0 Å². The van der Waals surface area contributed by atoms with Crippen LogP contribution < -0.4 is 0 Å². The number of hydrogen-bond donors (Lipinski definition) is 0. The first-order chi connectivity index (χ1) is 3.86. The Morgan fingerprint density at radius 1 is 1.00 bits per heavy atom. The largest absolute Gasteiger partial charge is 0.110 e. The molecule has 0 N–H and O–H groups in total. The predicted octanol–water partition coefficient (Wildman–Crippen LogP) is 2.87. The van der Waals surface area contributed by atoms with Crippen LogP contribution in [0.4, 0.5) is 0 Å². The van der Waals surface area contributed by atoms with E-state index in [2.05, 4.69) is 34.6 Å². The lowest BCUT2D eigenvalue weighted by Crippen LogP contribution is -2.50. The fraction of sp³-hybridized carbons (Fsp3) is 1.00. The molecule has 0 bridgehead atoms. The Morgan fingerprint density at radius 3 is 1.33 bits per heavy atom. The highest BCUT2D eigenvalue weighted by Gasteiger charge is 2.49. The summed E-state index contributed by atoms with van der Waals surface area (Å²) in [4.78, 5) is 0. The lowest BCUT2D eigenvalue weighted by Gasteiger charge is -2.56. The molecule has 0 radical (unpaired) electrons. The van der Waals surface area contributed by atoms with Crippen molar-refractivity contribution in [2.24, 2.45) is 5.92 Å². The zero-order chi connectivity index (χ0) is 7.28. The summed E-state index contributed by atoms with van der Waals surface area (Å²) in [5.74, 6) is 0.906. The van der Waals surface area contributed by atoms with E-state index in [9.17, 15) is 0 Å². The highest BCUT2D eigenvalue weighted by molar-refractivity contribution is 7.44. The maximum atomic E-state index is 2.38. The fourth-order valence-corrected chi connectivity index (χ4v) is 4.46. The van der Waals surface area contributed by atoms with Crippen LogP contribution in [0.3, 0.4) is 0 Å². The third-order valence-corrected chi connectivity index (χ3v) is 4.96. The van der Waals surface area contributed by atoms with Crippen LogP contribution in [0, 0.1) is 5.92 Å². The van der Waals surface area contributed by atoms with E-state index < -0.39 is 0 Å². The van der Waals surface area contributed by atoms with Gasteiger partial charge in [-0.1, -0.05) is 34.6 Å². The van der Waals surface area contributed by atoms with Crippen molar-refractivity contribution in [3.63, 3.8) is 0 Å². The molecule has 0 spiro atoms. The molecule has 0 nitrogen and oxygen atoms in total. The molecule has 0 aromatic rings. The highest BCUT2D eigenvalue weighted by atomic mass is 31.1. The molecule has 1 heterocycles.